The van der Waals surface area contributed by atoms with Crippen molar-refractivity contribution >= 4 is 0 Å². The number of rotatable bonds is 4. The molecule has 19 heavy (non-hydrogen) atoms. The van der Waals surface area contributed by atoms with Gasteiger partial charge in [0.1, 0.15) is 11.6 Å². The highest BCUT2D eigenvalue weighted by molar-refractivity contribution is 5.29. The van der Waals surface area contributed by atoms with Gasteiger partial charge in [-0.25, -0.2) is 4.39 Å². The van der Waals surface area contributed by atoms with Crippen LogP contribution in [0.25, 0.3) is 0 Å². The average Bonchev–Trinajstić information content (AvgIpc) is 2.43. The Morgan fingerprint density at radius 2 is 2.26 bits per heavy atom. The van der Waals surface area contributed by atoms with Gasteiger partial charge in [0.05, 0.1) is 7.11 Å². The van der Waals surface area contributed by atoms with Crippen LogP contribution in [0.3, 0.4) is 0 Å². The lowest BCUT2D eigenvalue weighted by molar-refractivity contribution is 0.0627. The second-order valence-corrected chi connectivity index (χ2v) is 5.41. The predicted molar refractivity (Wildman–Crippen MR) is 74.9 cm³/mol. The van der Waals surface area contributed by atoms with Crippen LogP contribution in [0.5, 0.6) is 5.75 Å². The highest BCUT2D eigenvalue weighted by Crippen LogP contribution is 2.25. The lowest BCUT2D eigenvalue weighted by Gasteiger charge is -2.45. The number of piperazine rings is 1. The van der Waals surface area contributed by atoms with Crippen molar-refractivity contribution in [2.75, 3.05) is 26.7 Å². The second kappa shape index (κ2) is 5.88. The quantitative estimate of drug-likeness (QED) is 0.905. The normalized spacial score (nSPS) is 24.4. The van der Waals surface area contributed by atoms with Crippen molar-refractivity contribution in [3.05, 3.63) is 29.6 Å². The van der Waals surface area contributed by atoms with Gasteiger partial charge in [0.2, 0.25) is 0 Å². The topological polar surface area (TPSA) is 24.5 Å². The molecule has 0 bridgehead atoms. The van der Waals surface area contributed by atoms with Crippen molar-refractivity contribution in [1.29, 1.82) is 0 Å². The molecule has 2 rings (SSSR count). The molecule has 0 aliphatic carbocycles. The molecule has 1 fully saturated rings. The van der Waals surface area contributed by atoms with Crippen molar-refractivity contribution in [3.8, 4) is 5.75 Å². The Bertz CT molecular complexity index is 438. The van der Waals surface area contributed by atoms with E-state index in [-0.39, 0.29) is 11.4 Å². The second-order valence-electron chi connectivity index (χ2n) is 5.41. The molecule has 4 heteroatoms. The van der Waals surface area contributed by atoms with E-state index in [0.29, 0.717) is 12.3 Å². The fourth-order valence-electron chi connectivity index (χ4n) is 2.56. The molecule has 1 heterocycles. The van der Waals surface area contributed by atoms with Crippen molar-refractivity contribution in [2.45, 2.75) is 32.4 Å². The molecule has 1 aromatic carbocycles. The molecule has 3 nitrogen and oxygen atoms in total. The van der Waals surface area contributed by atoms with Gasteiger partial charge in [-0.1, -0.05) is 13.0 Å². The van der Waals surface area contributed by atoms with Crippen molar-refractivity contribution < 1.29 is 9.13 Å². The van der Waals surface area contributed by atoms with Crippen LogP contribution < -0.4 is 10.1 Å². The molecule has 1 aromatic rings. The summed E-state index contributed by atoms with van der Waals surface area (Å²) >= 11 is 0. The first-order chi connectivity index (χ1) is 9.09. The van der Waals surface area contributed by atoms with E-state index in [1.807, 2.05) is 12.1 Å². The molecular formula is C15H23FN2O. The summed E-state index contributed by atoms with van der Waals surface area (Å²) < 4.78 is 19.1. The Hall–Kier alpha value is -1.13. The Morgan fingerprint density at radius 1 is 1.47 bits per heavy atom. The summed E-state index contributed by atoms with van der Waals surface area (Å²) in [5.74, 6) is 0.385. The van der Waals surface area contributed by atoms with Gasteiger partial charge >= 0.3 is 0 Å². The fraction of sp³-hybridized carbons (Fsp3) is 0.600. The highest BCUT2D eigenvalue weighted by atomic mass is 19.1. The number of nitrogens with zero attached hydrogens (tertiary/aromatic N) is 1. The third-order valence-electron chi connectivity index (χ3n) is 4.21. The minimum atomic E-state index is -0.184. The molecule has 0 aromatic heterocycles. The molecule has 106 valence electrons. The largest absolute Gasteiger partial charge is 0.497 e. The van der Waals surface area contributed by atoms with Gasteiger partial charge in [-0.2, -0.15) is 0 Å². The van der Waals surface area contributed by atoms with Crippen LogP contribution in [0.4, 0.5) is 4.39 Å². The minimum absolute atomic E-state index is 0.102. The van der Waals surface area contributed by atoms with E-state index in [1.165, 1.54) is 6.07 Å². The third kappa shape index (κ3) is 3.07. The Labute approximate surface area is 114 Å². The van der Waals surface area contributed by atoms with Gasteiger partial charge in [-0.15, -0.1) is 0 Å². The van der Waals surface area contributed by atoms with E-state index in [0.717, 1.165) is 31.6 Å². The van der Waals surface area contributed by atoms with Crippen LogP contribution in [0, 0.1) is 5.82 Å². The highest BCUT2D eigenvalue weighted by Gasteiger charge is 2.32. The first-order valence-corrected chi connectivity index (χ1v) is 6.87. The smallest absolute Gasteiger partial charge is 0.131 e. The van der Waals surface area contributed by atoms with E-state index >= 15 is 0 Å². The summed E-state index contributed by atoms with van der Waals surface area (Å²) in [6, 6.07) is 5.11. The van der Waals surface area contributed by atoms with Crippen LogP contribution in [-0.4, -0.2) is 37.2 Å². The summed E-state index contributed by atoms with van der Waals surface area (Å²) in [6.07, 6.45) is 1.05. The van der Waals surface area contributed by atoms with Crippen molar-refractivity contribution in [3.63, 3.8) is 0 Å². The zero-order valence-electron chi connectivity index (χ0n) is 12.0. The van der Waals surface area contributed by atoms with E-state index in [2.05, 4.69) is 24.1 Å². The van der Waals surface area contributed by atoms with Crippen LogP contribution in [-0.2, 0) is 6.54 Å². The number of ether oxygens (including phenoxy) is 1. The third-order valence-corrected chi connectivity index (χ3v) is 4.21. The summed E-state index contributed by atoms with van der Waals surface area (Å²) in [5, 5.41) is 3.42. The number of benzene rings is 1. The zero-order chi connectivity index (χ0) is 13.9. The first kappa shape index (κ1) is 14.3. The average molecular weight is 266 g/mol. The van der Waals surface area contributed by atoms with Gasteiger partial charge in [0.25, 0.3) is 0 Å². The van der Waals surface area contributed by atoms with Gasteiger partial charge in [-0.05, 0) is 19.4 Å². The molecule has 1 atom stereocenters. The Kier molecular flexibility index (Phi) is 4.42. The van der Waals surface area contributed by atoms with Gasteiger partial charge in [0.15, 0.2) is 0 Å². The maximum atomic E-state index is 14.0. The van der Waals surface area contributed by atoms with Crippen molar-refractivity contribution in [2.24, 2.45) is 0 Å². The van der Waals surface area contributed by atoms with Crippen molar-refractivity contribution in [1.82, 2.24) is 10.2 Å². The standard InChI is InChI=1S/C15H23FN2O/c1-4-15(2)11-17-7-8-18(15)10-12-5-6-13(19-3)9-14(12)16/h5-6,9,17H,4,7-8,10-11H2,1-3H3. The zero-order valence-corrected chi connectivity index (χ0v) is 12.0. The molecule has 1 aliphatic heterocycles. The Morgan fingerprint density at radius 3 is 2.89 bits per heavy atom. The van der Waals surface area contributed by atoms with Crippen LogP contribution in [0.1, 0.15) is 25.8 Å². The van der Waals surface area contributed by atoms with Gasteiger partial charge in [-0.3, -0.25) is 4.90 Å². The molecule has 1 aliphatic rings. The van der Waals surface area contributed by atoms with Crippen LogP contribution >= 0.6 is 0 Å². The molecular weight excluding hydrogens is 243 g/mol. The molecule has 0 saturated carbocycles. The molecule has 1 N–H and O–H groups in total. The van der Waals surface area contributed by atoms with Gasteiger partial charge in [0, 0.05) is 43.3 Å². The lowest BCUT2D eigenvalue weighted by Crippen LogP contribution is -2.58. The van der Waals surface area contributed by atoms with E-state index < -0.39 is 0 Å². The molecule has 0 amide bonds. The summed E-state index contributed by atoms with van der Waals surface area (Å²) in [6.45, 7) is 7.96. The number of methoxy groups -OCH3 is 1. The summed E-state index contributed by atoms with van der Waals surface area (Å²) in [5.41, 5.74) is 0.840. The summed E-state index contributed by atoms with van der Waals surface area (Å²) in [7, 11) is 1.55. The SMILES string of the molecule is CCC1(C)CNCCN1Cc1ccc(OC)cc1F. The lowest BCUT2D eigenvalue weighted by atomic mass is 9.93. The van der Waals surface area contributed by atoms with Gasteiger partial charge < -0.3 is 10.1 Å². The first-order valence-electron chi connectivity index (χ1n) is 6.87. The van der Waals surface area contributed by atoms with E-state index in [9.17, 15) is 4.39 Å². The Balaban J connectivity index is 2.15. The molecule has 1 saturated heterocycles. The van der Waals surface area contributed by atoms with Crippen LogP contribution in [0.15, 0.2) is 18.2 Å². The minimum Gasteiger partial charge on any atom is -0.497 e. The maximum absolute atomic E-state index is 14.0. The fourth-order valence-corrected chi connectivity index (χ4v) is 2.56. The molecule has 0 spiro atoms. The van der Waals surface area contributed by atoms with E-state index in [1.54, 1.807) is 7.11 Å². The number of hydrogen-bond acceptors (Lipinski definition) is 3. The molecule has 0 radical (unpaired) electrons. The monoisotopic (exact) mass is 266 g/mol. The van der Waals surface area contributed by atoms with E-state index in [4.69, 9.17) is 4.74 Å². The predicted octanol–water partition coefficient (Wildman–Crippen LogP) is 2.41. The number of hydrogen-bond donors (Lipinski definition) is 1. The number of halogens is 1. The molecule has 1 unspecified atom stereocenters. The van der Waals surface area contributed by atoms with Crippen LogP contribution in [0.2, 0.25) is 0 Å². The maximum Gasteiger partial charge on any atom is 0.131 e. The number of nitrogens with one attached hydrogen (secondary N) is 1. The summed E-state index contributed by atoms with van der Waals surface area (Å²) in [4.78, 5) is 2.37.